The molecule has 1 aliphatic heterocycles. The molecule has 0 bridgehead atoms. The van der Waals surface area contributed by atoms with E-state index in [2.05, 4.69) is 15.2 Å². The summed E-state index contributed by atoms with van der Waals surface area (Å²) in [7, 11) is 1.85. The average Bonchev–Trinajstić information content (AvgIpc) is 3.46. The summed E-state index contributed by atoms with van der Waals surface area (Å²) in [6, 6.07) is 11.7. The highest BCUT2D eigenvalue weighted by molar-refractivity contribution is 5.77. The number of fused-ring (bicyclic) bond motifs is 1. The molecule has 3 heterocycles. The zero-order chi connectivity index (χ0) is 21.5. The van der Waals surface area contributed by atoms with Crippen LogP contribution in [0.5, 0.6) is 0 Å². The summed E-state index contributed by atoms with van der Waals surface area (Å²) in [5, 5.41) is 8.71. The van der Waals surface area contributed by atoms with E-state index in [0.717, 1.165) is 11.3 Å². The van der Waals surface area contributed by atoms with E-state index in [1.54, 1.807) is 40.0 Å². The molecule has 0 radical (unpaired) electrons. The van der Waals surface area contributed by atoms with Crippen molar-refractivity contribution in [3.8, 4) is 22.8 Å². The molecule has 0 spiro atoms. The number of rotatable bonds is 4. The third kappa shape index (κ3) is 3.58. The van der Waals surface area contributed by atoms with Crippen LogP contribution >= 0.6 is 0 Å². The minimum Gasteiger partial charge on any atom is -0.331 e. The van der Waals surface area contributed by atoms with Crippen LogP contribution in [0.25, 0.3) is 22.8 Å². The van der Waals surface area contributed by atoms with Gasteiger partial charge in [-0.3, -0.25) is 9.48 Å². The first-order valence-corrected chi connectivity index (χ1v) is 9.72. The first kappa shape index (κ1) is 19.1. The maximum absolute atomic E-state index is 13.4. The zero-order valence-electron chi connectivity index (χ0n) is 16.7. The van der Waals surface area contributed by atoms with Gasteiger partial charge in [0.25, 0.3) is 0 Å². The van der Waals surface area contributed by atoms with Gasteiger partial charge in [0.1, 0.15) is 18.2 Å². The Labute approximate surface area is 176 Å². The van der Waals surface area contributed by atoms with Gasteiger partial charge in [0.05, 0.1) is 18.4 Å². The second kappa shape index (κ2) is 7.42. The van der Waals surface area contributed by atoms with Gasteiger partial charge in [0.15, 0.2) is 11.6 Å². The summed E-state index contributed by atoms with van der Waals surface area (Å²) in [5.74, 6) is -0.0458. The van der Waals surface area contributed by atoms with Crippen LogP contribution in [0.2, 0.25) is 0 Å². The van der Waals surface area contributed by atoms with Crippen molar-refractivity contribution in [3.05, 3.63) is 77.6 Å². The quantitative estimate of drug-likeness (QED) is 0.509. The molecular formula is C22H18F2N6O. The van der Waals surface area contributed by atoms with E-state index < -0.39 is 0 Å². The Bertz CT molecular complexity index is 1260. The Morgan fingerprint density at radius 1 is 0.968 bits per heavy atom. The normalized spacial score (nSPS) is 12.9. The molecule has 31 heavy (non-hydrogen) atoms. The zero-order valence-corrected chi connectivity index (χ0v) is 16.7. The van der Waals surface area contributed by atoms with Crippen LogP contribution in [0, 0.1) is 11.6 Å². The first-order valence-electron chi connectivity index (χ1n) is 9.72. The average molecular weight is 420 g/mol. The molecule has 0 unspecified atom stereocenters. The van der Waals surface area contributed by atoms with Gasteiger partial charge >= 0.3 is 0 Å². The fraction of sp³-hybridized carbons (Fsp3) is 0.182. The number of carbonyl (C=O) groups excluding carboxylic acids is 1. The fourth-order valence-corrected chi connectivity index (χ4v) is 3.68. The lowest BCUT2D eigenvalue weighted by molar-refractivity contribution is -0.132. The van der Waals surface area contributed by atoms with Crippen molar-refractivity contribution in [3.63, 3.8) is 0 Å². The lowest BCUT2D eigenvalue weighted by atomic mass is 10.2. The minimum absolute atomic E-state index is 0.0255. The summed E-state index contributed by atoms with van der Waals surface area (Å²) >= 11 is 0. The van der Waals surface area contributed by atoms with Gasteiger partial charge in [-0.05, 0) is 48.5 Å². The molecule has 1 aliphatic rings. The van der Waals surface area contributed by atoms with E-state index in [1.165, 1.54) is 28.9 Å². The Morgan fingerprint density at radius 3 is 2.26 bits per heavy atom. The highest BCUT2D eigenvalue weighted by Crippen LogP contribution is 2.25. The van der Waals surface area contributed by atoms with Crippen LogP contribution in [0.4, 0.5) is 8.78 Å². The second-order valence-corrected chi connectivity index (χ2v) is 7.42. The first-order chi connectivity index (χ1) is 15.0. The molecule has 5 rings (SSSR count). The van der Waals surface area contributed by atoms with E-state index >= 15 is 0 Å². The van der Waals surface area contributed by atoms with Crippen molar-refractivity contribution in [2.45, 2.75) is 19.6 Å². The number of nitrogens with zero attached hydrogens (tertiary/aromatic N) is 6. The molecule has 9 heteroatoms. The Balaban J connectivity index is 1.47. The third-order valence-electron chi connectivity index (χ3n) is 5.36. The van der Waals surface area contributed by atoms with Gasteiger partial charge < -0.3 is 4.90 Å². The third-order valence-corrected chi connectivity index (χ3v) is 5.36. The molecule has 0 saturated carbocycles. The number of aromatic nitrogens is 5. The monoisotopic (exact) mass is 420 g/mol. The Morgan fingerprint density at radius 2 is 1.61 bits per heavy atom. The molecule has 2 aromatic heterocycles. The van der Waals surface area contributed by atoms with Crippen LogP contribution in [-0.4, -0.2) is 35.4 Å². The topological polar surface area (TPSA) is 68.8 Å². The summed E-state index contributed by atoms with van der Waals surface area (Å²) in [6.07, 6.45) is 1.77. The second-order valence-electron chi connectivity index (χ2n) is 7.42. The number of aryl methyl sites for hydroxylation is 1. The van der Waals surface area contributed by atoms with E-state index in [1.807, 2.05) is 7.05 Å². The van der Waals surface area contributed by atoms with Gasteiger partial charge in [-0.2, -0.15) is 5.10 Å². The summed E-state index contributed by atoms with van der Waals surface area (Å²) in [4.78, 5) is 19.3. The lowest BCUT2D eigenvalue weighted by Gasteiger charge is -2.16. The summed E-state index contributed by atoms with van der Waals surface area (Å²) in [6.45, 7) is 0.950. The van der Waals surface area contributed by atoms with Crippen LogP contribution < -0.4 is 0 Å². The van der Waals surface area contributed by atoms with Crippen LogP contribution in [0.3, 0.4) is 0 Å². The predicted molar refractivity (Wildman–Crippen MR) is 108 cm³/mol. The van der Waals surface area contributed by atoms with Gasteiger partial charge in [-0.25, -0.2) is 18.4 Å². The molecule has 4 aromatic rings. The van der Waals surface area contributed by atoms with E-state index in [4.69, 9.17) is 0 Å². The van der Waals surface area contributed by atoms with Crippen molar-refractivity contribution < 1.29 is 13.6 Å². The molecule has 1 amide bonds. The predicted octanol–water partition coefficient (Wildman–Crippen LogP) is 3.17. The Hall–Kier alpha value is -3.88. The fourth-order valence-electron chi connectivity index (χ4n) is 3.68. The SMILES string of the molecule is Cn1ncc2c1CN(C(=O)Cn1nc(-c3ccc(F)cc3)nc1-c1ccc(F)cc1)C2. The smallest absolute Gasteiger partial charge is 0.245 e. The van der Waals surface area contributed by atoms with E-state index in [9.17, 15) is 13.6 Å². The molecular weight excluding hydrogens is 402 g/mol. The maximum Gasteiger partial charge on any atom is 0.245 e. The van der Waals surface area contributed by atoms with Gasteiger partial charge in [-0.15, -0.1) is 5.10 Å². The number of hydrogen-bond acceptors (Lipinski definition) is 4. The van der Waals surface area contributed by atoms with Gasteiger partial charge in [0.2, 0.25) is 5.91 Å². The summed E-state index contributed by atoms with van der Waals surface area (Å²) < 4.78 is 30.0. The van der Waals surface area contributed by atoms with Crippen molar-refractivity contribution in [1.82, 2.24) is 29.4 Å². The molecule has 0 N–H and O–H groups in total. The van der Waals surface area contributed by atoms with Crippen molar-refractivity contribution in [2.24, 2.45) is 7.05 Å². The molecule has 2 aromatic carbocycles. The van der Waals surface area contributed by atoms with Crippen LogP contribution in [-0.2, 0) is 31.5 Å². The molecule has 7 nitrogen and oxygen atoms in total. The van der Waals surface area contributed by atoms with Crippen LogP contribution in [0.15, 0.2) is 54.7 Å². The largest absolute Gasteiger partial charge is 0.331 e. The van der Waals surface area contributed by atoms with Crippen molar-refractivity contribution in [1.29, 1.82) is 0 Å². The van der Waals surface area contributed by atoms with Crippen LogP contribution in [0.1, 0.15) is 11.3 Å². The van der Waals surface area contributed by atoms with Crippen molar-refractivity contribution in [2.75, 3.05) is 0 Å². The number of halogens is 2. The standard InChI is InChI=1S/C22H18F2N6O/c1-28-19-12-29(11-16(19)10-25-28)20(31)13-30-22(15-4-8-18(24)9-5-15)26-21(27-30)14-2-6-17(23)7-3-14/h2-10H,11-13H2,1H3. The molecule has 0 aliphatic carbocycles. The highest BCUT2D eigenvalue weighted by atomic mass is 19.1. The van der Waals surface area contributed by atoms with Crippen molar-refractivity contribution >= 4 is 5.91 Å². The maximum atomic E-state index is 13.4. The summed E-state index contributed by atoms with van der Waals surface area (Å²) in [5.41, 5.74) is 3.29. The van der Waals surface area contributed by atoms with Gasteiger partial charge in [-0.1, -0.05) is 0 Å². The number of benzene rings is 2. The number of hydrogen-bond donors (Lipinski definition) is 0. The molecule has 156 valence electrons. The highest BCUT2D eigenvalue weighted by Gasteiger charge is 2.27. The minimum atomic E-state index is -0.368. The molecule has 0 atom stereocenters. The lowest BCUT2D eigenvalue weighted by Crippen LogP contribution is -2.30. The van der Waals surface area contributed by atoms with Gasteiger partial charge in [0, 0.05) is 30.3 Å². The number of amides is 1. The van der Waals surface area contributed by atoms with E-state index in [-0.39, 0.29) is 24.1 Å². The van der Waals surface area contributed by atoms with E-state index in [0.29, 0.717) is 35.9 Å². The Kier molecular flexibility index (Phi) is 4.58. The molecule has 0 fully saturated rings. The number of carbonyl (C=O) groups is 1. The molecule has 0 saturated heterocycles.